The van der Waals surface area contributed by atoms with Gasteiger partial charge in [-0.25, -0.2) is 13.1 Å². The fraction of sp³-hybridized carbons (Fsp3) is 0.529. The summed E-state index contributed by atoms with van der Waals surface area (Å²) in [4.78, 5) is 2.73. The number of allylic oxidation sites excluding steroid dienone is 1. The van der Waals surface area contributed by atoms with Gasteiger partial charge in [-0.15, -0.1) is 0 Å². The van der Waals surface area contributed by atoms with Crippen LogP contribution in [0.4, 0.5) is 0 Å². The summed E-state index contributed by atoms with van der Waals surface area (Å²) in [5, 5.41) is 0. The van der Waals surface area contributed by atoms with E-state index in [0.29, 0.717) is 17.9 Å². The molecule has 0 saturated carbocycles. The van der Waals surface area contributed by atoms with Crippen molar-refractivity contribution in [2.75, 3.05) is 32.8 Å². The van der Waals surface area contributed by atoms with Crippen LogP contribution in [-0.2, 0) is 21.2 Å². The van der Waals surface area contributed by atoms with E-state index in [4.69, 9.17) is 4.74 Å². The molecule has 0 radical (unpaired) electrons. The molecule has 6 heteroatoms. The molecule has 23 heavy (non-hydrogen) atoms. The lowest BCUT2D eigenvalue weighted by Crippen LogP contribution is -2.46. The van der Waals surface area contributed by atoms with E-state index >= 15 is 0 Å². The number of nitrogens with zero attached hydrogens (tertiary/aromatic N) is 1. The van der Waals surface area contributed by atoms with Gasteiger partial charge >= 0.3 is 0 Å². The number of nitrogens with one attached hydrogen (secondary N) is 1. The van der Waals surface area contributed by atoms with Gasteiger partial charge in [0.05, 0.1) is 18.1 Å². The molecule has 0 bridgehead atoms. The molecular weight excluding hydrogens is 312 g/mol. The zero-order valence-corrected chi connectivity index (χ0v) is 14.3. The maximum Gasteiger partial charge on any atom is 0.237 e. The highest BCUT2D eigenvalue weighted by atomic mass is 32.2. The van der Waals surface area contributed by atoms with E-state index in [1.165, 1.54) is 5.56 Å². The minimum atomic E-state index is -3.42. The van der Waals surface area contributed by atoms with Crippen molar-refractivity contribution in [1.82, 2.24) is 9.62 Å². The number of hydrogen-bond acceptors (Lipinski definition) is 4. The first-order chi connectivity index (χ1) is 11.0. The van der Waals surface area contributed by atoms with Crippen molar-refractivity contribution in [3.63, 3.8) is 0 Å². The number of ether oxygens (including phenoxy) is 1. The Morgan fingerprint density at radius 2 is 1.96 bits per heavy atom. The summed E-state index contributed by atoms with van der Waals surface area (Å²) in [5.74, 6) is 0. The quantitative estimate of drug-likeness (QED) is 0.888. The fourth-order valence-electron chi connectivity index (χ4n) is 3.17. The summed E-state index contributed by atoms with van der Waals surface area (Å²) in [6.45, 7) is 5.81. The number of hydrogen-bond donors (Lipinski definition) is 1. The maximum absolute atomic E-state index is 12.6. The van der Waals surface area contributed by atoms with E-state index in [1.807, 2.05) is 31.2 Å². The number of rotatable bonds is 5. The molecule has 1 fully saturated rings. The molecule has 1 aliphatic carbocycles. The fourth-order valence-corrected chi connectivity index (χ4v) is 4.58. The summed E-state index contributed by atoms with van der Waals surface area (Å²) >= 11 is 0. The number of morpholine rings is 1. The highest BCUT2D eigenvalue weighted by Crippen LogP contribution is 2.26. The highest BCUT2D eigenvalue weighted by molar-refractivity contribution is 7.93. The molecule has 1 unspecified atom stereocenters. The Labute approximate surface area is 138 Å². The predicted octanol–water partition coefficient (Wildman–Crippen LogP) is 1.61. The summed E-state index contributed by atoms with van der Waals surface area (Å²) in [5.41, 5.74) is 2.23. The van der Waals surface area contributed by atoms with Gasteiger partial charge in [0.25, 0.3) is 0 Å². The predicted molar refractivity (Wildman–Crippen MR) is 91.5 cm³/mol. The lowest BCUT2D eigenvalue weighted by molar-refractivity contribution is 0.0354. The van der Waals surface area contributed by atoms with Crippen molar-refractivity contribution in [3.05, 3.63) is 40.3 Å². The van der Waals surface area contributed by atoms with Crippen molar-refractivity contribution in [1.29, 1.82) is 0 Å². The topological polar surface area (TPSA) is 58.6 Å². The molecule has 1 aliphatic heterocycles. The van der Waals surface area contributed by atoms with Crippen LogP contribution < -0.4 is 4.72 Å². The SMILES string of the molecule is CC(CN1CCOCC1)NS(=O)(=O)C1=Cc2ccccc2CC1. The van der Waals surface area contributed by atoms with Gasteiger partial charge in [-0.1, -0.05) is 24.3 Å². The Morgan fingerprint density at radius 1 is 1.22 bits per heavy atom. The van der Waals surface area contributed by atoms with Gasteiger partial charge in [-0.05, 0) is 37.0 Å². The number of benzene rings is 1. The van der Waals surface area contributed by atoms with Gasteiger partial charge in [-0.3, -0.25) is 4.90 Å². The third-order valence-corrected chi connectivity index (χ3v) is 6.07. The molecule has 0 aromatic heterocycles. The van der Waals surface area contributed by atoms with E-state index < -0.39 is 10.0 Å². The van der Waals surface area contributed by atoms with Crippen molar-refractivity contribution in [3.8, 4) is 0 Å². The monoisotopic (exact) mass is 336 g/mol. The first kappa shape index (κ1) is 16.6. The van der Waals surface area contributed by atoms with Gasteiger partial charge in [-0.2, -0.15) is 0 Å². The Balaban J connectivity index is 1.66. The third-order valence-electron chi connectivity index (χ3n) is 4.35. The summed E-state index contributed by atoms with van der Waals surface area (Å²) in [6, 6.07) is 7.86. The summed E-state index contributed by atoms with van der Waals surface area (Å²) in [6.07, 6.45) is 3.15. The summed E-state index contributed by atoms with van der Waals surface area (Å²) in [7, 11) is -3.42. The Morgan fingerprint density at radius 3 is 2.74 bits per heavy atom. The molecule has 1 N–H and O–H groups in total. The third kappa shape index (κ3) is 4.20. The van der Waals surface area contributed by atoms with Crippen LogP contribution in [0.15, 0.2) is 29.2 Å². The van der Waals surface area contributed by atoms with Crippen LogP contribution >= 0.6 is 0 Å². The van der Waals surface area contributed by atoms with Crippen LogP contribution in [0.3, 0.4) is 0 Å². The second kappa shape index (κ2) is 7.13. The van der Waals surface area contributed by atoms with Crippen LogP contribution in [0.25, 0.3) is 6.08 Å². The van der Waals surface area contributed by atoms with Crippen LogP contribution in [0.5, 0.6) is 0 Å². The van der Waals surface area contributed by atoms with Gasteiger partial charge < -0.3 is 4.74 Å². The lowest BCUT2D eigenvalue weighted by atomic mass is 9.98. The Bertz CT molecular complexity index is 679. The Hall–Kier alpha value is -1.21. The zero-order chi connectivity index (χ0) is 16.3. The number of fused-ring (bicyclic) bond motifs is 1. The molecule has 1 atom stereocenters. The average Bonchev–Trinajstić information content (AvgIpc) is 2.54. The summed E-state index contributed by atoms with van der Waals surface area (Å²) < 4.78 is 33.4. The largest absolute Gasteiger partial charge is 0.379 e. The zero-order valence-electron chi connectivity index (χ0n) is 13.5. The van der Waals surface area contributed by atoms with E-state index in [9.17, 15) is 8.42 Å². The van der Waals surface area contributed by atoms with Gasteiger partial charge in [0, 0.05) is 25.7 Å². The van der Waals surface area contributed by atoms with Gasteiger partial charge in [0.15, 0.2) is 0 Å². The van der Waals surface area contributed by atoms with E-state index in [-0.39, 0.29) is 6.04 Å². The molecule has 1 saturated heterocycles. The van der Waals surface area contributed by atoms with Crippen LogP contribution in [0.2, 0.25) is 0 Å². The maximum atomic E-state index is 12.6. The Kier molecular flexibility index (Phi) is 5.16. The van der Waals surface area contributed by atoms with E-state index in [1.54, 1.807) is 0 Å². The van der Waals surface area contributed by atoms with Crippen molar-refractivity contribution in [2.24, 2.45) is 0 Å². The molecule has 3 rings (SSSR count). The van der Waals surface area contributed by atoms with Crippen LogP contribution in [0.1, 0.15) is 24.5 Å². The molecule has 0 amide bonds. The minimum Gasteiger partial charge on any atom is -0.379 e. The standard InChI is InChI=1S/C17H24N2O3S/c1-14(13-19-8-10-22-11-9-19)18-23(20,21)17-7-6-15-4-2-3-5-16(15)12-17/h2-5,12,14,18H,6-11,13H2,1H3. The lowest BCUT2D eigenvalue weighted by Gasteiger charge is -2.29. The smallest absolute Gasteiger partial charge is 0.237 e. The molecule has 1 aromatic carbocycles. The minimum absolute atomic E-state index is 0.115. The average molecular weight is 336 g/mol. The second-order valence-electron chi connectivity index (χ2n) is 6.24. The molecule has 2 aliphatic rings. The molecule has 1 heterocycles. The van der Waals surface area contributed by atoms with Crippen LogP contribution in [-0.4, -0.2) is 52.2 Å². The number of sulfonamides is 1. The normalized spacial score (nSPS) is 20.7. The van der Waals surface area contributed by atoms with Crippen molar-refractivity contribution >= 4 is 16.1 Å². The molecule has 126 valence electrons. The second-order valence-corrected chi connectivity index (χ2v) is 8.01. The highest BCUT2D eigenvalue weighted by Gasteiger charge is 2.24. The number of aryl methyl sites for hydroxylation is 1. The first-order valence-electron chi connectivity index (χ1n) is 8.15. The van der Waals surface area contributed by atoms with E-state index in [0.717, 1.165) is 38.3 Å². The molecule has 5 nitrogen and oxygen atoms in total. The van der Waals surface area contributed by atoms with Gasteiger partial charge in [0.2, 0.25) is 10.0 Å². The van der Waals surface area contributed by atoms with Crippen molar-refractivity contribution in [2.45, 2.75) is 25.8 Å². The molecular formula is C17H24N2O3S. The van der Waals surface area contributed by atoms with Gasteiger partial charge in [0.1, 0.15) is 0 Å². The van der Waals surface area contributed by atoms with Crippen molar-refractivity contribution < 1.29 is 13.2 Å². The molecule has 1 aromatic rings. The molecule has 0 spiro atoms. The van der Waals surface area contributed by atoms with E-state index in [2.05, 4.69) is 15.7 Å². The van der Waals surface area contributed by atoms with Crippen LogP contribution in [0, 0.1) is 0 Å². The first-order valence-corrected chi connectivity index (χ1v) is 9.64.